The molecule has 6 heteroatoms. The van der Waals surface area contributed by atoms with Crippen LogP contribution in [0.3, 0.4) is 0 Å². The van der Waals surface area contributed by atoms with Crippen LogP contribution in [0.4, 0.5) is 10.5 Å². The predicted octanol–water partition coefficient (Wildman–Crippen LogP) is 3.87. The van der Waals surface area contributed by atoms with Crippen LogP contribution in [0.15, 0.2) is 53.3 Å². The van der Waals surface area contributed by atoms with E-state index in [1.807, 2.05) is 22.8 Å². The molecule has 1 aliphatic rings. The summed E-state index contributed by atoms with van der Waals surface area (Å²) in [6.07, 6.45) is 0.876. The number of pyridine rings is 1. The SMILES string of the molecule is CN(Cc1cc2cccc3c2n(c1=O)CC3)C(=O)Nc1cccc(Cl)c1. The van der Waals surface area contributed by atoms with Gasteiger partial charge in [0.05, 0.1) is 12.1 Å². The van der Waals surface area contributed by atoms with Gasteiger partial charge in [0.2, 0.25) is 0 Å². The number of aromatic nitrogens is 1. The number of aryl methyl sites for hydroxylation is 2. The Hall–Kier alpha value is -2.79. The van der Waals surface area contributed by atoms with Gasteiger partial charge in [-0.15, -0.1) is 0 Å². The topological polar surface area (TPSA) is 54.3 Å². The van der Waals surface area contributed by atoms with Crippen LogP contribution >= 0.6 is 11.6 Å². The summed E-state index contributed by atoms with van der Waals surface area (Å²) in [4.78, 5) is 26.7. The second kappa shape index (κ2) is 6.50. The Bertz CT molecular complexity index is 1070. The molecule has 2 aromatic carbocycles. The third-order valence-electron chi connectivity index (χ3n) is 4.71. The number of rotatable bonds is 3. The molecule has 0 aliphatic carbocycles. The molecule has 0 radical (unpaired) electrons. The Morgan fingerprint density at radius 3 is 2.85 bits per heavy atom. The first kappa shape index (κ1) is 16.7. The molecule has 0 unspecified atom stereocenters. The highest BCUT2D eigenvalue weighted by molar-refractivity contribution is 6.30. The molecule has 1 aromatic heterocycles. The molecular formula is C20H18ClN3O2. The smallest absolute Gasteiger partial charge is 0.321 e. The minimum absolute atomic E-state index is 0.0233. The number of nitrogens with zero attached hydrogens (tertiary/aromatic N) is 2. The molecule has 2 heterocycles. The van der Waals surface area contributed by atoms with Crippen molar-refractivity contribution in [3.8, 4) is 0 Å². The monoisotopic (exact) mass is 367 g/mol. The molecule has 0 bridgehead atoms. The maximum atomic E-state index is 12.8. The van der Waals surface area contributed by atoms with Crippen LogP contribution in [0.25, 0.3) is 10.9 Å². The van der Waals surface area contributed by atoms with E-state index >= 15 is 0 Å². The average Bonchev–Trinajstić information content (AvgIpc) is 3.05. The zero-order valence-electron chi connectivity index (χ0n) is 14.3. The Balaban J connectivity index is 1.59. The van der Waals surface area contributed by atoms with Crippen molar-refractivity contribution in [3.05, 3.63) is 75.0 Å². The highest BCUT2D eigenvalue weighted by Gasteiger charge is 2.19. The van der Waals surface area contributed by atoms with Gasteiger partial charge in [-0.2, -0.15) is 0 Å². The molecule has 132 valence electrons. The molecule has 5 nitrogen and oxygen atoms in total. The van der Waals surface area contributed by atoms with Crippen LogP contribution < -0.4 is 10.9 Å². The number of carbonyl (C=O) groups is 1. The summed E-state index contributed by atoms with van der Waals surface area (Å²) in [5, 5.41) is 4.38. The molecule has 26 heavy (non-hydrogen) atoms. The largest absolute Gasteiger partial charge is 0.323 e. The lowest BCUT2D eigenvalue weighted by Gasteiger charge is -2.19. The van der Waals surface area contributed by atoms with E-state index in [1.165, 1.54) is 10.5 Å². The molecule has 3 aromatic rings. The number of hydrogen-bond acceptors (Lipinski definition) is 2. The van der Waals surface area contributed by atoms with E-state index in [0.29, 0.717) is 22.8 Å². The zero-order valence-corrected chi connectivity index (χ0v) is 15.1. The van der Waals surface area contributed by atoms with Crippen LogP contribution in [-0.4, -0.2) is 22.5 Å². The quantitative estimate of drug-likeness (QED) is 0.763. The average molecular weight is 368 g/mol. The van der Waals surface area contributed by atoms with Crippen molar-refractivity contribution in [2.75, 3.05) is 12.4 Å². The third kappa shape index (κ3) is 2.95. The van der Waals surface area contributed by atoms with Gasteiger partial charge in [-0.3, -0.25) is 4.79 Å². The summed E-state index contributed by atoms with van der Waals surface area (Å²) in [5.41, 5.74) is 3.43. The number of hydrogen-bond donors (Lipinski definition) is 1. The molecule has 1 N–H and O–H groups in total. The van der Waals surface area contributed by atoms with E-state index in [-0.39, 0.29) is 18.1 Å². The number of carbonyl (C=O) groups excluding carboxylic acids is 1. The van der Waals surface area contributed by atoms with Gasteiger partial charge >= 0.3 is 6.03 Å². The van der Waals surface area contributed by atoms with E-state index in [0.717, 1.165) is 17.3 Å². The summed E-state index contributed by atoms with van der Waals surface area (Å²) in [6, 6.07) is 14.7. The summed E-state index contributed by atoms with van der Waals surface area (Å²) in [5.74, 6) is 0. The van der Waals surface area contributed by atoms with Gasteiger partial charge in [0.15, 0.2) is 0 Å². The molecule has 1 aliphatic heterocycles. The molecule has 2 amide bonds. The predicted molar refractivity (Wildman–Crippen MR) is 104 cm³/mol. The van der Waals surface area contributed by atoms with Crippen LogP contribution in [-0.2, 0) is 19.5 Å². The van der Waals surface area contributed by atoms with Gasteiger partial charge < -0.3 is 14.8 Å². The molecule has 0 saturated heterocycles. The van der Waals surface area contributed by atoms with E-state index in [9.17, 15) is 9.59 Å². The fourth-order valence-electron chi connectivity index (χ4n) is 3.45. The maximum Gasteiger partial charge on any atom is 0.321 e. The van der Waals surface area contributed by atoms with Crippen LogP contribution in [0.1, 0.15) is 11.1 Å². The summed E-state index contributed by atoms with van der Waals surface area (Å²) >= 11 is 5.94. The van der Waals surface area contributed by atoms with Gasteiger partial charge in [0, 0.05) is 29.9 Å². The Morgan fingerprint density at radius 1 is 1.23 bits per heavy atom. The minimum atomic E-state index is -0.290. The lowest BCUT2D eigenvalue weighted by Crippen LogP contribution is -2.34. The Morgan fingerprint density at radius 2 is 2.04 bits per heavy atom. The van der Waals surface area contributed by atoms with Crippen molar-refractivity contribution >= 4 is 34.2 Å². The van der Waals surface area contributed by atoms with Crippen molar-refractivity contribution in [2.45, 2.75) is 19.5 Å². The van der Waals surface area contributed by atoms with Gasteiger partial charge in [-0.05, 0) is 41.6 Å². The van der Waals surface area contributed by atoms with E-state index < -0.39 is 0 Å². The second-order valence-electron chi connectivity index (χ2n) is 6.53. The molecule has 0 atom stereocenters. The second-order valence-corrected chi connectivity index (χ2v) is 6.96. The number of nitrogens with one attached hydrogen (secondary N) is 1. The van der Waals surface area contributed by atoms with E-state index in [1.54, 1.807) is 31.3 Å². The van der Waals surface area contributed by atoms with Gasteiger partial charge in [-0.25, -0.2) is 4.79 Å². The highest BCUT2D eigenvalue weighted by Crippen LogP contribution is 2.24. The van der Waals surface area contributed by atoms with Crippen LogP contribution in [0, 0.1) is 0 Å². The fraction of sp³-hybridized carbons (Fsp3) is 0.200. The lowest BCUT2D eigenvalue weighted by atomic mass is 10.1. The third-order valence-corrected chi connectivity index (χ3v) is 4.94. The first-order chi connectivity index (χ1) is 12.5. The normalized spacial score (nSPS) is 12.4. The van der Waals surface area contributed by atoms with E-state index in [4.69, 9.17) is 11.6 Å². The maximum absolute atomic E-state index is 12.8. The van der Waals surface area contributed by atoms with Crippen molar-refractivity contribution in [1.82, 2.24) is 9.47 Å². The summed E-state index contributed by atoms with van der Waals surface area (Å²) in [6.45, 7) is 0.937. The van der Waals surface area contributed by atoms with Crippen LogP contribution in [0.5, 0.6) is 0 Å². The lowest BCUT2D eigenvalue weighted by molar-refractivity contribution is 0.220. The molecular weight excluding hydrogens is 350 g/mol. The summed E-state index contributed by atoms with van der Waals surface area (Å²) in [7, 11) is 1.67. The molecule has 4 rings (SSSR count). The van der Waals surface area contributed by atoms with Gasteiger partial charge in [0.25, 0.3) is 5.56 Å². The molecule has 0 fully saturated rings. The van der Waals surface area contributed by atoms with Gasteiger partial charge in [-0.1, -0.05) is 35.9 Å². The standard InChI is InChI=1S/C20H18ClN3O2/c1-23(20(26)22-17-7-3-6-16(21)11-17)12-15-10-14-5-2-4-13-8-9-24(18(13)14)19(15)25/h2-7,10-11H,8-9,12H2,1H3,(H,22,26). The van der Waals surface area contributed by atoms with Crippen molar-refractivity contribution in [1.29, 1.82) is 0 Å². The highest BCUT2D eigenvalue weighted by atomic mass is 35.5. The van der Waals surface area contributed by atoms with Crippen molar-refractivity contribution in [2.24, 2.45) is 0 Å². The number of anilines is 1. The summed E-state index contributed by atoms with van der Waals surface area (Å²) < 4.78 is 1.82. The van der Waals surface area contributed by atoms with Crippen molar-refractivity contribution in [3.63, 3.8) is 0 Å². The van der Waals surface area contributed by atoms with Gasteiger partial charge in [0.1, 0.15) is 0 Å². The van der Waals surface area contributed by atoms with Crippen LogP contribution in [0.2, 0.25) is 5.02 Å². The number of halogens is 1. The minimum Gasteiger partial charge on any atom is -0.323 e. The first-order valence-corrected chi connectivity index (χ1v) is 8.83. The number of amides is 2. The number of urea groups is 1. The number of para-hydroxylation sites is 1. The van der Waals surface area contributed by atoms with Crippen molar-refractivity contribution < 1.29 is 4.79 Å². The molecule has 0 saturated carbocycles. The Kier molecular flexibility index (Phi) is 4.17. The zero-order chi connectivity index (χ0) is 18.3. The first-order valence-electron chi connectivity index (χ1n) is 8.45. The van der Waals surface area contributed by atoms with E-state index in [2.05, 4.69) is 11.4 Å². The molecule has 0 spiro atoms. The fourth-order valence-corrected chi connectivity index (χ4v) is 3.64. The number of benzene rings is 2. The Labute approximate surface area is 155 Å².